The van der Waals surface area contributed by atoms with E-state index < -0.39 is 0 Å². The van der Waals surface area contributed by atoms with Crippen LogP contribution in [0.4, 0.5) is 0 Å². The fourth-order valence-electron chi connectivity index (χ4n) is 2.98. The van der Waals surface area contributed by atoms with Gasteiger partial charge in [0, 0.05) is 5.57 Å². The summed E-state index contributed by atoms with van der Waals surface area (Å²) in [5.41, 5.74) is 0.510. The summed E-state index contributed by atoms with van der Waals surface area (Å²) in [7, 11) is 0. The maximum Gasteiger partial charge on any atom is 0.333 e. The van der Waals surface area contributed by atoms with E-state index in [1.54, 1.807) is 6.92 Å². The second-order valence-corrected chi connectivity index (χ2v) is 7.27. The molecule has 0 heterocycles. The van der Waals surface area contributed by atoms with Crippen molar-refractivity contribution < 1.29 is 9.53 Å². The third-order valence-electron chi connectivity index (χ3n) is 4.63. The minimum atomic E-state index is -0.223. The molecule has 24 heavy (non-hydrogen) atoms. The van der Waals surface area contributed by atoms with Gasteiger partial charge in [-0.25, -0.2) is 4.79 Å². The highest BCUT2D eigenvalue weighted by Crippen LogP contribution is 2.17. The Bertz CT molecular complexity index is 309. The molecule has 0 spiro atoms. The van der Waals surface area contributed by atoms with E-state index in [-0.39, 0.29) is 12.1 Å². The lowest BCUT2D eigenvalue weighted by Gasteiger charge is -2.17. The molecule has 0 saturated heterocycles. The molecule has 0 aliphatic heterocycles. The lowest BCUT2D eigenvalue weighted by molar-refractivity contribution is -0.145. The Morgan fingerprint density at radius 2 is 1.17 bits per heavy atom. The average molecular weight is 339 g/mol. The molecule has 0 fully saturated rings. The van der Waals surface area contributed by atoms with E-state index in [1.165, 1.54) is 70.6 Å². The van der Waals surface area contributed by atoms with Gasteiger partial charge < -0.3 is 4.74 Å². The van der Waals surface area contributed by atoms with Crippen LogP contribution in [0.2, 0.25) is 0 Å². The molecule has 1 unspecified atom stereocenters. The summed E-state index contributed by atoms with van der Waals surface area (Å²) >= 11 is 0. The summed E-state index contributed by atoms with van der Waals surface area (Å²) in [6, 6.07) is 0. The topological polar surface area (TPSA) is 26.3 Å². The van der Waals surface area contributed by atoms with Crippen molar-refractivity contribution >= 4 is 5.97 Å². The number of ether oxygens (including phenoxy) is 1. The van der Waals surface area contributed by atoms with Gasteiger partial charge in [-0.15, -0.1) is 0 Å². The van der Waals surface area contributed by atoms with Crippen LogP contribution in [0.15, 0.2) is 12.2 Å². The molecule has 2 heteroatoms. The zero-order chi connectivity index (χ0) is 18.0. The Morgan fingerprint density at radius 1 is 0.750 bits per heavy atom. The maximum absolute atomic E-state index is 11.7. The van der Waals surface area contributed by atoms with Crippen LogP contribution in [0.1, 0.15) is 117 Å². The van der Waals surface area contributed by atoms with E-state index in [4.69, 9.17) is 4.74 Å². The first-order valence-corrected chi connectivity index (χ1v) is 10.5. The fourth-order valence-corrected chi connectivity index (χ4v) is 2.98. The minimum absolute atomic E-state index is 0.0905. The molecule has 142 valence electrons. The van der Waals surface area contributed by atoms with Gasteiger partial charge in [0.25, 0.3) is 0 Å². The predicted octanol–water partition coefficient (Wildman–Crippen LogP) is 7.37. The van der Waals surface area contributed by atoms with E-state index in [9.17, 15) is 4.79 Å². The molecule has 0 aliphatic carbocycles. The molecular formula is C22H42O2. The van der Waals surface area contributed by atoms with Crippen molar-refractivity contribution in [3.05, 3.63) is 12.2 Å². The van der Waals surface area contributed by atoms with E-state index in [0.29, 0.717) is 5.57 Å². The average Bonchev–Trinajstić information content (AvgIpc) is 2.56. The molecule has 0 amide bonds. The first-order valence-electron chi connectivity index (χ1n) is 10.5. The largest absolute Gasteiger partial charge is 0.459 e. The highest BCUT2D eigenvalue weighted by molar-refractivity contribution is 5.87. The predicted molar refractivity (Wildman–Crippen MR) is 105 cm³/mol. The number of carbonyl (C=O) groups excluding carboxylic acids is 1. The Kier molecular flexibility index (Phi) is 16.5. The molecule has 2 nitrogen and oxygen atoms in total. The summed E-state index contributed by atoms with van der Waals surface area (Å²) in [4.78, 5) is 11.7. The zero-order valence-electron chi connectivity index (χ0n) is 16.7. The first-order chi connectivity index (χ1) is 11.6. The van der Waals surface area contributed by atoms with Crippen molar-refractivity contribution in [2.75, 3.05) is 0 Å². The van der Waals surface area contributed by atoms with Crippen LogP contribution in [0.25, 0.3) is 0 Å². The van der Waals surface area contributed by atoms with Gasteiger partial charge in [-0.05, 0) is 26.2 Å². The second kappa shape index (κ2) is 17.0. The quantitative estimate of drug-likeness (QED) is 0.157. The molecule has 0 aromatic carbocycles. The van der Waals surface area contributed by atoms with Crippen LogP contribution in [0, 0.1) is 0 Å². The third-order valence-corrected chi connectivity index (χ3v) is 4.63. The Morgan fingerprint density at radius 3 is 1.62 bits per heavy atom. The van der Waals surface area contributed by atoms with Crippen molar-refractivity contribution in [1.29, 1.82) is 0 Å². The Labute approximate surface area is 151 Å². The molecular weight excluding hydrogens is 296 g/mol. The summed E-state index contributed by atoms with van der Waals surface area (Å²) < 4.78 is 5.57. The number of unbranched alkanes of at least 4 members (excludes halogenated alkanes) is 11. The standard InChI is InChI=1S/C22H42O2/c1-5-7-9-10-11-12-13-14-15-16-17-19-21(18-8-6-2)24-22(23)20(3)4/h21H,3,5-19H2,1-2,4H3. The van der Waals surface area contributed by atoms with E-state index in [0.717, 1.165) is 25.7 Å². The van der Waals surface area contributed by atoms with Crippen molar-refractivity contribution in [1.82, 2.24) is 0 Å². The SMILES string of the molecule is C=C(C)C(=O)OC(CCCC)CCCCCCCCCCCCC. The molecule has 0 bridgehead atoms. The van der Waals surface area contributed by atoms with Crippen LogP contribution < -0.4 is 0 Å². The van der Waals surface area contributed by atoms with E-state index >= 15 is 0 Å². The molecule has 0 radical (unpaired) electrons. The number of carbonyl (C=O) groups is 1. The molecule has 0 saturated carbocycles. The van der Waals surface area contributed by atoms with Crippen LogP contribution >= 0.6 is 0 Å². The molecule has 0 aliphatic rings. The Balaban J connectivity index is 3.61. The molecule has 1 atom stereocenters. The zero-order valence-corrected chi connectivity index (χ0v) is 16.7. The van der Waals surface area contributed by atoms with Gasteiger partial charge in [0.1, 0.15) is 6.10 Å². The van der Waals surface area contributed by atoms with Crippen LogP contribution in [-0.4, -0.2) is 12.1 Å². The van der Waals surface area contributed by atoms with Crippen molar-refractivity contribution in [2.24, 2.45) is 0 Å². The molecule has 0 aromatic heterocycles. The number of esters is 1. The van der Waals surface area contributed by atoms with Gasteiger partial charge in [0.05, 0.1) is 0 Å². The van der Waals surface area contributed by atoms with Gasteiger partial charge in [-0.3, -0.25) is 0 Å². The number of rotatable bonds is 17. The van der Waals surface area contributed by atoms with Crippen LogP contribution in [0.3, 0.4) is 0 Å². The Hall–Kier alpha value is -0.790. The van der Waals surface area contributed by atoms with Gasteiger partial charge in [0.2, 0.25) is 0 Å². The fraction of sp³-hybridized carbons (Fsp3) is 0.864. The number of hydrogen-bond acceptors (Lipinski definition) is 2. The summed E-state index contributed by atoms with van der Waals surface area (Å²) in [5, 5.41) is 0. The molecule has 0 rings (SSSR count). The number of hydrogen-bond donors (Lipinski definition) is 0. The monoisotopic (exact) mass is 338 g/mol. The highest BCUT2D eigenvalue weighted by atomic mass is 16.5. The highest BCUT2D eigenvalue weighted by Gasteiger charge is 2.14. The normalized spacial score (nSPS) is 12.1. The maximum atomic E-state index is 11.7. The van der Waals surface area contributed by atoms with Crippen LogP contribution in [0.5, 0.6) is 0 Å². The first kappa shape index (κ1) is 23.2. The molecule has 0 aromatic rings. The van der Waals surface area contributed by atoms with Gasteiger partial charge >= 0.3 is 5.97 Å². The second-order valence-electron chi connectivity index (χ2n) is 7.27. The summed E-state index contributed by atoms with van der Waals surface area (Å²) in [5.74, 6) is -0.223. The minimum Gasteiger partial charge on any atom is -0.459 e. The smallest absolute Gasteiger partial charge is 0.333 e. The van der Waals surface area contributed by atoms with Gasteiger partial charge in [0.15, 0.2) is 0 Å². The van der Waals surface area contributed by atoms with Crippen molar-refractivity contribution in [3.8, 4) is 0 Å². The molecule has 0 N–H and O–H groups in total. The van der Waals surface area contributed by atoms with Crippen molar-refractivity contribution in [3.63, 3.8) is 0 Å². The van der Waals surface area contributed by atoms with Crippen LogP contribution in [-0.2, 0) is 9.53 Å². The van der Waals surface area contributed by atoms with E-state index in [1.807, 2.05) is 0 Å². The van der Waals surface area contributed by atoms with Crippen molar-refractivity contribution in [2.45, 2.75) is 123 Å². The summed E-state index contributed by atoms with van der Waals surface area (Å²) in [6.45, 7) is 9.85. The summed E-state index contributed by atoms with van der Waals surface area (Å²) in [6.07, 6.45) is 19.3. The lowest BCUT2D eigenvalue weighted by atomic mass is 10.0. The lowest BCUT2D eigenvalue weighted by Crippen LogP contribution is -2.18. The van der Waals surface area contributed by atoms with Gasteiger partial charge in [-0.1, -0.05) is 97.5 Å². The third kappa shape index (κ3) is 14.8. The van der Waals surface area contributed by atoms with Gasteiger partial charge in [-0.2, -0.15) is 0 Å². The van der Waals surface area contributed by atoms with E-state index in [2.05, 4.69) is 20.4 Å².